The summed E-state index contributed by atoms with van der Waals surface area (Å²) in [5.41, 5.74) is 0.533. The van der Waals surface area contributed by atoms with Crippen LogP contribution in [0.25, 0.3) is 6.08 Å². The van der Waals surface area contributed by atoms with Gasteiger partial charge in [-0.1, -0.05) is 34.7 Å². The highest BCUT2D eigenvalue weighted by Crippen LogP contribution is 2.31. The van der Waals surface area contributed by atoms with Crippen molar-refractivity contribution in [3.63, 3.8) is 0 Å². The normalized spacial score (nSPS) is 12.0. The van der Waals surface area contributed by atoms with Crippen molar-refractivity contribution in [3.05, 3.63) is 41.0 Å². The van der Waals surface area contributed by atoms with E-state index in [1.807, 2.05) is 22.6 Å². The Labute approximate surface area is 104 Å². The maximum Gasteiger partial charge on any atom is 0.416 e. The lowest BCUT2D eigenvalue weighted by Crippen LogP contribution is -2.05. The molecule has 5 heteroatoms. The Kier molecular flexibility index (Phi) is 4.52. The van der Waals surface area contributed by atoms with Crippen LogP contribution in [0.4, 0.5) is 13.2 Å². The van der Waals surface area contributed by atoms with Crippen LogP contribution in [-0.2, 0) is 15.4 Å². The number of alkyl halides is 4. The second-order valence-corrected chi connectivity index (χ2v) is 3.80. The van der Waals surface area contributed by atoms with Crippen LogP contribution < -0.4 is 0 Å². The van der Waals surface area contributed by atoms with Gasteiger partial charge in [0.25, 0.3) is 0 Å². The zero-order valence-corrected chi connectivity index (χ0v) is 10.2. The number of benzene rings is 1. The predicted octanol–water partition coefficient (Wildman–Crippen LogP) is 3.85. The highest BCUT2D eigenvalue weighted by molar-refractivity contribution is 14.1. The number of hydrogen-bond donors (Lipinski definition) is 0. The molecule has 0 atom stereocenters. The van der Waals surface area contributed by atoms with Crippen LogP contribution in [0.15, 0.2) is 24.3 Å². The Hall–Kier alpha value is -0.850. The topological polar surface area (TPSA) is 17.1 Å². The summed E-state index contributed by atoms with van der Waals surface area (Å²) < 4.78 is 37.7. The van der Waals surface area contributed by atoms with Gasteiger partial charge in [0.15, 0.2) is 0 Å². The minimum atomic E-state index is -4.33. The minimum Gasteiger partial charge on any atom is -0.299 e. The fraction of sp³-hybridized carbons (Fsp3) is 0.182. The molecule has 0 N–H and O–H groups in total. The molecule has 0 saturated heterocycles. The molecular formula is C11H8F3IO. The van der Waals surface area contributed by atoms with Crippen molar-refractivity contribution < 1.29 is 18.0 Å². The van der Waals surface area contributed by atoms with E-state index in [4.69, 9.17) is 0 Å². The first-order valence-corrected chi connectivity index (χ1v) is 5.89. The lowest BCUT2D eigenvalue weighted by atomic mass is 10.0. The van der Waals surface area contributed by atoms with Crippen LogP contribution in [-0.4, -0.2) is 6.29 Å². The quantitative estimate of drug-likeness (QED) is 0.354. The summed E-state index contributed by atoms with van der Waals surface area (Å²) in [6.45, 7) is 0. The summed E-state index contributed by atoms with van der Waals surface area (Å²) in [6, 6.07) is 3.49. The summed E-state index contributed by atoms with van der Waals surface area (Å²) in [5, 5.41) is 0. The number of carbonyl (C=O) groups excluding carboxylic acids is 1. The molecule has 1 aromatic rings. The lowest BCUT2D eigenvalue weighted by Gasteiger charge is -2.09. The Bertz CT molecular complexity index is 410. The molecule has 86 valence electrons. The van der Waals surface area contributed by atoms with E-state index in [1.165, 1.54) is 18.2 Å². The molecule has 0 bridgehead atoms. The molecule has 0 aliphatic heterocycles. The smallest absolute Gasteiger partial charge is 0.299 e. The van der Waals surface area contributed by atoms with Crippen molar-refractivity contribution in [3.8, 4) is 0 Å². The lowest BCUT2D eigenvalue weighted by molar-refractivity contribution is -0.137. The maximum atomic E-state index is 12.4. The number of hydrogen-bond acceptors (Lipinski definition) is 1. The average Bonchev–Trinajstić information content (AvgIpc) is 2.24. The maximum absolute atomic E-state index is 12.4. The van der Waals surface area contributed by atoms with Gasteiger partial charge in [-0.05, 0) is 29.3 Å². The summed E-state index contributed by atoms with van der Waals surface area (Å²) in [7, 11) is 0. The molecule has 0 aliphatic carbocycles. The van der Waals surface area contributed by atoms with Crippen molar-refractivity contribution in [1.82, 2.24) is 0 Å². The number of rotatable bonds is 3. The first-order chi connectivity index (χ1) is 7.49. The van der Waals surface area contributed by atoms with Crippen LogP contribution in [0.5, 0.6) is 0 Å². The molecule has 16 heavy (non-hydrogen) atoms. The van der Waals surface area contributed by atoms with Gasteiger partial charge < -0.3 is 0 Å². The molecule has 1 aromatic carbocycles. The molecule has 1 rings (SSSR count). The SMILES string of the molecule is O=C/C=C/c1ccc(C(F)(F)F)cc1CI. The summed E-state index contributed by atoms with van der Waals surface area (Å²) >= 11 is 1.99. The largest absolute Gasteiger partial charge is 0.416 e. The Morgan fingerprint density at radius 2 is 2.00 bits per heavy atom. The highest BCUT2D eigenvalue weighted by Gasteiger charge is 2.30. The van der Waals surface area contributed by atoms with Crippen LogP contribution >= 0.6 is 22.6 Å². The fourth-order valence-electron chi connectivity index (χ4n) is 1.20. The Morgan fingerprint density at radius 3 is 2.50 bits per heavy atom. The monoisotopic (exact) mass is 340 g/mol. The first kappa shape index (κ1) is 13.2. The Balaban J connectivity index is 3.16. The van der Waals surface area contributed by atoms with E-state index in [0.717, 1.165) is 12.1 Å². The van der Waals surface area contributed by atoms with Crippen molar-refractivity contribution in [1.29, 1.82) is 0 Å². The number of allylic oxidation sites excluding steroid dienone is 1. The van der Waals surface area contributed by atoms with Crippen molar-refractivity contribution in [2.45, 2.75) is 10.6 Å². The van der Waals surface area contributed by atoms with Crippen LogP contribution in [0.3, 0.4) is 0 Å². The van der Waals surface area contributed by atoms with Crippen molar-refractivity contribution in [2.75, 3.05) is 0 Å². The third-order valence-corrected chi connectivity index (χ3v) is 2.79. The van der Waals surface area contributed by atoms with E-state index >= 15 is 0 Å². The molecule has 0 unspecified atom stereocenters. The average molecular weight is 340 g/mol. The van der Waals surface area contributed by atoms with Gasteiger partial charge in [-0.25, -0.2) is 0 Å². The molecule has 1 nitrogen and oxygen atoms in total. The zero-order valence-electron chi connectivity index (χ0n) is 8.09. The minimum absolute atomic E-state index is 0.459. The van der Waals surface area contributed by atoms with E-state index < -0.39 is 11.7 Å². The van der Waals surface area contributed by atoms with Gasteiger partial charge in [0.05, 0.1) is 5.56 Å². The summed E-state index contributed by atoms with van der Waals surface area (Å²) in [5.74, 6) is 0. The molecule has 0 radical (unpaired) electrons. The second kappa shape index (κ2) is 5.47. The van der Waals surface area contributed by atoms with Gasteiger partial charge in [0, 0.05) is 4.43 Å². The van der Waals surface area contributed by atoms with E-state index in [-0.39, 0.29) is 0 Å². The number of aldehydes is 1. The van der Waals surface area contributed by atoms with Gasteiger partial charge in [-0.2, -0.15) is 13.2 Å². The summed E-state index contributed by atoms with van der Waals surface area (Å²) in [4.78, 5) is 10.1. The van der Waals surface area contributed by atoms with Crippen LogP contribution in [0.2, 0.25) is 0 Å². The highest BCUT2D eigenvalue weighted by atomic mass is 127. The number of carbonyl (C=O) groups is 1. The first-order valence-electron chi connectivity index (χ1n) is 4.37. The van der Waals surface area contributed by atoms with Gasteiger partial charge in [-0.3, -0.25) is 4.79 Å². The standard InChI is InChI=1S/C11H8F3IO/c12-11(13,14)10-4-3-8(2-1-5-16)9(6-10)7-15/h1-6H,7H2/b2-1+. The molecule has 0 saturated carbocycles. The fourth-order valence-corrected chi connectivity index (χ4v) is 1.86. The second-order valence-electron chi connectivity index (χ2n) is 3.04. The summed E-state index contributed by atoms with van der Waals surface area (Å²) in [6.07, 6.45) is -0.971. The molecule has 0 aromatic heterocycles. The predicted molar refractivity (Wildman–Crippen MR) is 64.3 cm³/mol. The van der Waals surface area contributed by atoms with E-state index in [9.17, 15) is 18.0 Å². The van der Waals surface area contributed by atoms with Gasteiger partial charge in [0.2, 0.25) is 0 Å². The van der Waals surface area contributed by atoms with Gasteiger partial charge >= 0.3 is 6.18 Å². The van der Waals surface area contributed by atoms with Crippen molar-refractivity contribution in [2.24, 2.45) is 0 Å². The van der Waals surface area contributed by atoms with Crippen LogP contribution in [0, 0.1) is 0 Å². The Morgan fingerprint density at radius 1 is 1.31 bits per heavy atom. The zero-order chi connectivity index (χ0) is 12.2. The van der Waals surface area contributed by atoms with Gasteiger partial charge in [0.1, 0.15) is 6.29 Å². The number of halogens is 4. The molecule has 0 aliphatic rings. The molecule has 0 amide bonds. The van der Waals surface area contributed by atoms with E-state index in [1.54, 1.807) is 0 Å². The van der Waals surface area contributed by atoms with E-state index in [0.29, 0.717) is 21.8 Å². The van der Waals surface area contributed by atoms with Crippen molar-refractivity contribution >= 4 is 35.0 Å². The van der Waals surface area contributed by atoms with E-state index in [2.05, 4.69) is 0 Å². The molecule has 0 spiro atoms. The third kappa shape index (κ3) is 3.33. The third-order valence-electron chi connectivity index (χ3n) is 1.97. The van der Waals surface area contributed by atoms with Crippen LogP contribution in [0.1, 0.15) is 16.7 Å². The molecule has 0 heterocycles. The van der Waals surface area contributed by atoms with Gasteiger partial charge in [-0.15, -0.1) is 0 Å². The molecule has 0 fully saturated rings. The molecular weight excluding hydrogens is 332 g/mol.